The molecule has 5 rings (SSSR count). The van der Waals surface area contributed by atoms with Gasteiger partial charge in [0, 0.05) is 25.0 Å². The van der Waals surface area contributed by atoms with Gasteiger partial charge in [-0.1, -0.05) is 35.9 Å². The van der Waals surface area contributed by atoms with E-state index in [1.165, 1.54) is 11.1 Å². The highest BCUT2D eigenvalue weighted by Gasteiger charge is 2.29. The Balaban J connectivity index is 1.43. The molecule has 2 aromatic heterocycles. The van der Waals surface area contributed by atoms with E-state index in [2.05, 4.69) is 17.2 Å². The van der Waals surface area contributed by atoms with Gasteiger partial charge in [-0.15, -0.1) is 0 Å². The van der Waals surface area contributed by atoms with Crippen LogP contribution in [0.3, 0.4) is 0 Å². The van der Waals surface area contributed by atoms with Gasteiger partial charge < -0.3 is 10.2 Å². The normalized spacial score (nSPS) is 15.8. The lowest BCUT2D eigenvalue weighted by molar-refractivity contribution is -0.120. The number of nitrogens with zero attached hydrogens (tertiary/aromatic N) is 4. The first-order valence-corrected chi connectivity index (χ1v) is 12.4. The van der Waals surface area contributed by atoms with E-state index in [1.54, 1.807) is 10.8 Å². The summed E-state index contributed by atoms with van der Waals surface area (Å²) in [6, 6.07) is 17.8. The number of pyridine rings is 1. The average Bonchev–Trinajstić information content (AvgIpc) is 2.89. The van der Waals surface area contributed by atoms with Crippen LogP contribution in [0, 0.1) is 26.7 Å². The molecule has 1 aliphatic heterocycles. The molecule has 1 amide bonds. The highest BCUT2D eigenvalue weighted by Crippen LogP contribution is 2.23. The lowest BCUT2D eigenvalue weighted by atomic mass is 9.97. The van der Waals surface area contributed by atoms with Gasteiger partial charge in [-0.2, -0.15) is 0 Å². The van der Waals surface area contributed by atoms with E-state index in [0.717, 1.165) is 29.7 Å². The van der Waals surface area contributed by atoms with Crippen LogP contribution in [0.25, 0.3) is 11.2 Å². The molecule has 7 nitrogen and oxygen atoms in total. The van der Waals surface area contributed by atoms with E-state index in [1.807, 2.05) is 73.3 Å². The Morgan fingerprint density at radius 2 is 1.86 bits per heavy atom. The maximum atomic E-state index is 13.7. The minimum absolute atomic E-state index is 0.0228. The van der Waals surface area contributed by atoms with E-state index in [9.17, 15) is 9.59 Å². The van der Waals surface area contributed by atoms with Crippen LogP contribution in [0.1, 0.15) is 35.1 Å². The molecule has 0 unspecified atom stereocenters. The summed E-state index contributed by atoms with van der Waals surface area (Å²) in [4.78, 5) is 38.0. The molecule has 7 heteroatoms. The van der Waals surface area contributed by atoms with Crippen molar-refractivity contribution in [3.8, 4) is 0 Å². The van der Waals surface area contributed by atoms with Gasteiger partial charge in [0.05, 0.1) is 12.5 Å². The zero-order valence-electron chi connectivity index (χ0n) is 21.0. The molecule has 0 spiro atoms. The van der Waals surface area contributed by atoms with Gasteiger partial charge in [-0.3, -0.25) is 14.2 Å². The first kappa shape index (κ1) is 23.7. The third-order valence-electron chi connectivity index (χ3n) is 7.01. The standard InChI is InChI=1S/C29H31N5O2/c1-19-8-11-22(12-9-19)17-34-26-25(7-4-14-30-26)32-27(29(34)36)33-15-5-6-23(18-33)28(35)31-24-13-10-20(2)21(3)16-24/h4,7-14,16,23H,5-6,15,17-18H2,1-3H3,(H,31,35)/t23-/m0/s1. The maximum absolute atomic E-state index is 13.7. The SMILES string of the molecule is Cc1ccc(Cn2c(=O)c(N3CCC[C@H](C(=O)Nc4ccc(C)c(C)c4)C3)nc3cccnc32)cc1. The molecule has 36 heavy (non-hydrogen) atoms. The van der Waals surface area contributed by atoms with Gasteiger partial charge in [0.25, 0.3) is 5.56 Å². The minimum Gasteiger partial charge on any atom is -0.351 e. The maximum Gasteiger partial charge on any atom is 0.295 e. The zero-order chi connectivity index (χ0) is 25.2. The molecule has 4 aromatic rings. The molecular formula is C29H31N5O2. The van der Waals surface area contributed by atoms with Crippen LogP contribution < -0.4 is 15.8 Å². The van der Waals surface area contributed by atoms with Crippen LogP contribution in [0.2, 0.25) is 0 Å². The Morgan fingerprint density at radius 3 is 2.64 bits per heavy atom. The third kappa shape index (κ3) is 4.87. The number of carbonyl (C=O) groups excluding carboxylic acids is 1. The molecule has 0 saturated carbocycles. The van der Waals surface area contributed by atoms with Gasteiger partial charge in [-0.05, 0) is 74.6 Å². The van der Waals surface area contributed by atoms with Crippen molar-refractivity contribution in [2.24, 2.45) is 5.92 Å². The Kier molecular flexibility index (Phi) is 6.55. The van der Waals surface area contributed by atoms with E-state index >= 15 is 0 Å². The molecular weight excluding hydrogens is 450 g/mol. The molecule has 1 atom stereocenters. The molecule has 1 fully saturated rings. The first-order valence-electron chi connectivity index (χ1n) is 12.4. The van der Waals surface area contributed by atoms with Crippen LogP contribution >= 0.6 is 0 Å². The number of carbonyl (C=O) groups is 1. The monoisotopic (exact) mass is 481 g/mol. The smallest absolute Gasteiger partial charge is 0.295 e. The fourth-order valence-corrected chi connectivity index (χ4v) is 4.74. The van der Waals surface area contributed by atoms with Crippen LogP contribution in [0.15, 0.2) is 65.6 Å². The number of hydrogen-bond donors (Lipinski definition) is 1. The van der Waals surface area contributed by atoms with Crippen molar-refractivity contribution < 1.29 is 4.79 Å². The molecule has 184 valence electrons. The zero-order valence-corrected chi connectivity index (χ0v) is 21.0. The molecule has 3 heterocycles. The van der Waals surface area contributed by atoms with Crippen molar-refractivity contribution >= 4 is 28.6 Å². The molecule has 1 aliphatic rings. The molecule has 1 saturated heterocycles. The van der Waals surface area contributed by atoms with Crippen LogP contribution in [-0.2, 0) is 11.3 Å². The predicted octanol–water partition coefficient (Wildman–Crippen LogP) is 4.62. The van der Waals surface area contributed by atoms with E-state index < -0.39 is 0 Å². The summed E-state index contributed by atoms with van der Waals surface area (Å²) in [6.07, 6.45) is 3.28. The second-order valence-electron chi connectivity index (χ2n) is 9.73. The number of aromatic nitrogens is 3. The Morgan fingerprint density at radius 1 is 1.06 bits per heavy atom. The third-order valence-corrected chi connectivity index (χ3v) is 7.01. The van der Waals surface area contributed by atoms with Crippen LogP contribution in [0.5, 0.6) is 0 Å². The summed E-state index contributed by atoms with van der Waals surface area (Å²) < 4.78 is 1.70. The summed E-state index contributed by atoms with van der Waals surface area (Å²) in [7, 11) is 0. The molecule has 2 aromatic carbocycles. The number of fused-ring (bicyclic) bond motifs is 1. The van der Waals surface area contributed by atoms with Gasteiger partial charge in [-0.25, -0.2) is 9.97 Å². The number of aryl methyl sites for hydroxylation is 3. The van der Waals surface area contributed by atoms with E-state index in [0.29, 0.717) is 36.6 Å². The Labute approximate surface area is 210 Å². The summed E-state index contributed by atoms with van der Waals surface area (Å²) in [5.41, 5.74) is 6.37. The summed E-state index contributed by atoms with van der Waals surface area (Å²) >= 11 is 0. The first-order chi connectivity index (χ1) is 17.4. The minimum atomic E-state index is -0.225. The fourth-order valence-electron chi connectivity index (χ4n) is 4.74. The number of hydrogen-bond acceptors (Lipinski definition) is 5. The predicted molar refractivity (Wildman–Crippen MR) is 144 cm³/mol. The number of nitrogens with one attached hydrogen (secondary N) is 1. The number of rotatable bonds is 5. The molecule has 0 bridgehead atoms. The largest absolute Gasteiger partial charge is 0.351 e. The average molecular weight is 482 g/mol. The van der Waals surface area contributed by atoms with Crippen molar-refractivity contribution in [3.63, 3.8) is 0 Å². The summed E-state index contributed by atoms with van der Waals surface area (Å²) in [5, 5.41) is 3.07. The van der Waals surface area contributed by atoms with Gasteiger partial charge in [0.2, 0.25) is 5.91 Å². The molecule has 0 aliphatic carbocycles. The van der Waals surface area contributed by atoms with Crippen molar-refractivity contribution in [2.75, 3.05) is 23.3 Å². The number of anilines is 2. The summed E-state index contributed by atoms with van der Waals surface area (Å²) in [5.74, 6) is 0.133. The Bertz CT molecular complexity index is 1480. The van der Waals surface area contributed by atoms with E-state index in [4.69, 9.17) is 4.98 Å². The molecule has 1 N–H and O–H groups in total. The van der Waals surface area contributed by atoms with Crippen molar-refractivity contribution in [3.05, 3.63) is 93.4 Å². The van der Waals surface area contributed by atoms with Crippen LogP contribution in [-0.4, -0.2) is 33.5 Å². The number of piperidine rings is 1. The van der Waals surface area contributed by atoms with Gasteiger partial charge in [0.1, 0.15) is 5.52 Å². The van der Waals surface area contributed by atoms with Crippen LogP contribution in [0.4, 0.5) is 11.5 Å². The van der Waals surface area contributed by atoms with Gasteiger partial charge in [0.15, 0.2) is 11.5 Å². The lowest BCUT2D eigenvalue weighted by Gasteiger charge is -2.32. The lowest BCUT2D eigenvalue weighted by Crippen LogP contribution is -2.44. The number of amides is 1. The molecule has 0 radical (unpaired) electrons. The summed E-state index contributed by atoms with van der Waals surface area (Å²) in [6.45, 7) is 7.68. The Hall–Kier alpha value is -4.00. The second-order valence-corrected chi connectivity index (χ2v) is 9.73. The highest BCUT2D eigenvalue weighted by atomic mass is 16.2. The van der Waals surface area contributed by atoms with Crippen molar-refractivity contribution in [1.82, 2.24) is 14.5 Å². The fraction of sp³-hybridized carbons (Fsp3) is 0.310. The van der Waals surface area contributed by atoms with Crippen molar-refractivity contribution in [1.29, 1.82) is 0 Å². The number of benzene rings is 2. The van der Waals surface area contributed by atoms with Gasteiger partial charge >= 0.3 is 0 Å². The van der Waals surface area contributed by atoms with Crippen molar-refractivity contribution in [2.45, 2.75) is 40.2 Å². The quantitative estimate of drug-likeness (QED) is 0.450. The topological polar surface area (TPSA) is 80.1 Å². The second kappa shape index (κ2) is 9.93. The van der Waals surface area contributed by atoms with E-state index in [-0.39, 0.29) is 17.4 Å². The highest BCUT2D eigenvalue weighted by molar-refractivity contribution is 5.93.